The zero-order chi connectivity index (χ0) is 45.1. The quantitative estimate of drug-likeness (QED) is 0.0200. The van der Waals surface area contributed by atoms with Crippen LogP contribution in [0.1, 0.15) is 207 Å². The number of hydrogen-bond donors (Lipinski definition) is 0. The molecule has 0 aromatic heterocycles. The van der Waals surface area contributed by atoms with Crippen molar-refractivity contribution in [3.63, 3.8) is 0 Å². The van der Waals surface area contributed by atoms with Crippen LogP contribution in [-0.4, -0.2) is 37.2 Å². The average Bonchev–Trinajstić information content (AvgIpc) is 3.27. The van der Waals surface area contributed by atoms with Gasteiger partial charge in [0.15, 0.2) is 6.10 Å². The van der Waals surface area contributed by atoms with E-state index in [4.69, 9.17) is 14.2 Å². The average molecular weight is 859 g/mol. The van der Waals surface area contributed by atoms with Crippen molar-refractivity contribution in [1.29, 1.82) is 0 Å². The molecule has 6 nitrogen and oxygen atoms in total. The zero-order valence-electron chi connectivity index (χ0n) is 39.8. The van der Waals surface area contributed by atoms with Crippen LogP contribution in [0.3, 0.4) is 0 Å². The van der Waals surface area contributed by atoms with Gasteiger partial charge >= 0.3 is 17.9 Å². The third kappa shape index (κ3) is 47.1. The molecule has 0 saturated carbocycles. The minimum absolute atomic E-state index is 0.111. The number of allylic oxidation sites excluding steroid dienone is 18. The summed E-state index contributed by atoms with van der Waals surface area (Å²) in [6.45, 7) is 6.29. The Bertz CT molecular complexity index is 1310. The van der Waals surface area contributed by atoms with Crippen molar-refractivity contribution in [2.75, 3.05) is 13.2 Å². The van der Waals surface area contributed by atoms with E-state index in [9.17, 15) is 14.4 Å². The molecular weight excluding hydrogens is 769 g/mol. The van der Waals surface area contributed by atoms with E-state index >= 15 is 0 Å². The second kappa shape index (κ2) is 49.7. The zero-order valence-corrected chi connectivity index (χ0v) is 39.8. The van der Waals surface area contributed by atoms with Crippen LogP contribution in [0.2, 0.25) is 0 Å². The van der Waals surface area contributed by atoms with E-state index in [1.165, 1.54) is 64.2 Å². The molecule has 0 aliphatic heterocycles. The Morgan fingerprint density at radius 1 is 0.355 bits per heavy atom. The van der Waals surface area contributed by atoms with E-state index in [2.05, 4.69) is 93.7 Å². The molecule has 0 amide bonds. The summed E-state index contributed by atoms with van der Waals surface area (Å²) in [7, 11) is 0. The van der Waals surface area contributed by atoms with Gasteiger partial charge in [-0.05, 0) is 103 Å². The molecule has 0 radical (unpaired) electrons. The number of hydrogen-bond acceptors (Lipinski definition) is 6. The monoisotopic (exact) mass is 859 g/mol. The minimum atomic E-state index is -0.811. The molecule has 1 atom stereocenters. The molecule has 62 heavy (non-hydrogen) atoms. The van der Waals surface area contributed by atoms with Gasteiger partial charge in [-0.1, -0.05) is 194 Å². The van der Waals surface area contributed by atoms with Gasteiger partial charge in [0.1, 0.15) is 13.2 Å². The van der Waals surface area contributed by atoms with Gasteiger partial charge in [-0.25, -0.2) is 0 Å². The molecule has 350 valence electrons. The largest absolute Gasteiger partial charge is 0.462 e. The van der Waals surface area contributed by atoms with Crippen molar-refractivity contribution in [3.05, 3.63) is 109 Å². The van der Waals surface area contributed by atoms with Crippen LogP contribution in [0, 0.1) is 0 Å². The Balaban J connectivity index is 4.52. The maximum atomic E-state index is 12.8. The Kier molecular flexibility index (Phi) is 46.6. The summed E-state index contributed by atoms with van der Waals surface area (Å²) in [4.78, 5) is 37.9. The Labute approximate surface area is 380 Å². The Hall–Kier alpha value is -3.93. The second-order valence-corrected chi connectivity index (χ2v) is 16.0. The lowest BCUT2D eigenvalue weighted by atomic mass is 10.1. The Morgan fingerprint density at radius 3 is 1.21 bits per heavy atom. The maximum absolute atomic E-state index is 12.8. The summed E-state index contributed by atoms with van der Waals surface area (Å²) < 4.78 is 16.7. The first-order chi connectivity index (χ1) is 30.5. The molecule has 0 bridgehead atoms. The molecule has 0 aromatic rings. The normalized spacial score (nSPS) is 13.0. The van der Waals surface area contributed by atoms with Crippen molar-refractivity contribution in [1.82, 2.24) is 0 Å². The number of esters is 3. The fourth-order valence-electron chi connectivity index (χ4n) is 6.38. The molecular formula is C56H90O6. The van der Waals surface area contributed by atoms with E-state index in [0.717, 1.165) is 103 Å². The molecule has 0 fully saturated rings. The Morgan fingerprint density at radius 2 is 0.710 bits per heavy atom. The molecule has 0 spiro atoms. The first-order valence-corrected chi connectivity index (χ1v) is 24.9. The summed E-state index contributed by atoms with van der Waals surface area (Å²) in [5.74, 6) is -0.991. The van der Waals surface area contributed by atoms with Gasteiger partial charge in [0, 0.05) is 19.3 Å². The standard InChI is InChI=1S/C56H90O6/c1-4-7-10-13-16-19-22-25-27-29-31-34-37-40-43-46-49-55(58)61-52-53(51-60-54(57)48-45-42-39-36-33-30-24-21-18-15-12-9-6-3)62-56(59)50-47-44-41-38-35-32-28-26-23-20-17-14-11-8-5-2/h7,9-10,12,15-16,18-21,23-25,27,30-31,33-34,53H,4-6,8,11,13-14,17,22,26,28-29,32,35-52H2,1-3H3/b10-7-,12-9-,18-15-,19-16-,23-20-,24-21-,27-25-,33-30-,34-31-. The third-order valence-electron chi connectivity index (χ3n) is 10.1. The van der Waals surface area contributed by atoms with Crippen molar-refractivity contribution in [2.45, 2.75) is 213 Å². The summed E-state index contributed by atoms with van der Waals surface area (Å²) in [5, 5.41) is 0. The fourth-order valence-corrected chi connectivity index (χ4v) is 6.38. The molecule has 0 aromatic carbocycles. The number of carbonyl (C=O) groups excluding carboxylic acids is 3. The summed E-state index contributed by atoms with van der Waals surface area (Å²) in [6.07, 6.45) is 66.4. The van der Waals surface area contributed by atoms with Gasteiger partial charge in [-0.15, -0.1) is 0 Å². The van der Waals surface area contributed by atoms with Crippen molar-refractivity contribution in [2.24, 2.45) is 0 Å². The highest BCUT2D eigenvalue weighted by atomic mass is 16.6. The molecule has 1 unspecified atom stereocenters. The maximum Gasteiger partial charge on any atom is 0.306 e. The molecule has 0 heterocycles. The molecule has 0 rings (SSSR count). The lowest BCUT2D eigenvalue weighted by Crippen LogP contribution is -2.30. The van der Waals surface area contributed by atoms with Crippen molar-refractivity contribution < 1.29 is 28.6 Å². The first-order valence-electron chi connectivity index (χ1n) is 24.9. The van der Waals surface area contributed by atoms with Crippen LogP contribution in [0.25, 0.3) is 0 Å². The van der Waals surface area contributed by atoms with Crippen LogP contribution >= 0.6 is 0 Å². The highest BCUT2D eigenvalue weighted by Crippen LogP contribution is 2.13. The van der Waals surface area contributed by atoms with Gasteiger partial charge in [0.05, 0.1) is 0 Å². The highest BCUT2D eigenvalue weighted by Gasteiger charge is 2.19. The van der Waals surface area contributed by atoms with Crippen LogP contribution in [-0.2, 0) is 28.6 Å². The topological polar surface area (TPSA) is 78.9 Å². The van der Waals surface area contributed by atoms with Crippen molar-refractivity contribution >= 4 is 17.9 Å². The minimum Gasteiger partial charge on any atom is -0.462 e. The van der Waals surface area contributed by atoms with Crippen LogP contribution < -0.4 is 0 Å². The lowest BCUT2D eigenvalue weighted by Gasteiger charge is -2.18. The predicted molar refractivity (Wildman–Crippen MR) is 265 cm³/mol. The third-order valence-corrected chi connectivity index (χ3v) is 10.1. The molecule has 0 N–H and O–H groups in total. The van der Waals surface area contributed by atoms with Crippen LogP contribution in [0.5, 0.6) is 0 Å². The molecule has 0 saturated heterocycles. The molecule has 0 aliphatic rings. The predicted octanol–water partition coefficient (Wildman–Crippen LogP) is 16.4. The highest BCUT2D eigenvalue weighted by molar-refractivity contribution is 5.71. The van der Waals surface area contributed by atoms with E-state index in [-0.39, 0.29) is 31.1 Å². The van der Waals surface area contributed by atoms with E-state index in [1.54, 1.807) is 0 Å². The van der Waals surface area contributed by atoms with E-state index in [1.807, 2.05) is 36.5 Å². The lowest BCUT2D eigenvalue weighted by molar-refractivity contribution is -0.167. The van der Waals surface area contributed by atoms with Crippen molar-refractivity contribution in [3.8, 4) is 0 Å². The van der Waals surface area contributed by atoms with E-state index < -0.39 is 6.10 Å². The van der Waals surface area contributed by atoms with E-state index in [0.29, 0.717) is 19.3 Å². The number of rotatable bonds is 43. The number of carbonyl (C=O) groups is 3. The van der Waals surface area contributed by atoms with Gasteiger partial charge in [0.25, 0.3) is 0 Å². The summed E-state index contributed by atoms with van der Waals surface area (Å²) in [6, 6.07) is 0. The summed E-state index contributed by atoms with van der Waals surface area (Å²) in [5.41, 5.74) is 0. The fraction of sp³-hybridized carbons (Fsp3) is 0.625. The van der Waals surface area contributed by atoms with Crippen LogP contribution in [0.15, 0.2) is 109 Å². The molecule has 6 heteroatoms. The van der Waals surface area contributed by atoms with Crippen LogP contribution in [0.4, 0.5) is 0 Å². The summed E-state index contributed by atoms with van der Waals surface area (Å²) >= 11 is 0. The molecule has 0 aliphatic carbocycles. The number of ether oxygens (including phenoxy) is 3. The number of unbranched alkanes of at least 4 members (excludes halogenated alkanes) is 17. The van der Waals surface area contributed by atoms with Gasteiger partial charge in [-0.2, -0.15) is 0 Å². The smallest absolute Gasteiger partial charge is 0.306 e. The van der Waals surface area contributed by atoms with Gasteiger partial charge in [0.2, 0.25) is 0 Å². The first kappa shape index (κ1) is 58.1. The van der Waals surface area contributed by atoms with Gasteiger partial charge < -0.3 is 14.2 Å². The van der Waals surface area contributed by atoms with Gasteiger partial charge in [-0.3, -0.25) is 14.4 Å². The second-order valence-electron chi connectivity index (χ2n) is 16.0. The SMILES string of the molecule is CC\C=C/C=C\C=C/C=C\CCCCCC(=O)OCC(COC(=O)CCCCC/C=C\C/C=C\C/C=C\C/C=C\CC)OC(=O)CCCCCCCCC/C=C\CCCCCC.